The van der Waals surface area contributed by atoms with Gasteiger partial charge in [-0.1, -0.05) is 23.2 Å². The van der Waals surface area contributed by atoms with Crippen LogP contribution in [-0.2, 0) is 24.9 Å². The van der Waals surface area contributed by atoms with Crippen molar-refractivity contribution in [1.82, 2.24) is 29.3 Å². The molecular formula is C25H22Cl2F2N6O3. The Bertz CT molecular complexity index is 1710. The molecule has 198 valence electrons. The molecule has 1 aliphatic rings. The summed E-state index contributed by atoms with van der Waals surface area (Å²) in [6.07, 6.45) is 1.49. The van der Waals surface area contributed by atoms with Gasteiger partial charge in [-0.05, 0) is 37.6 Å². The summed E-state index contributed by atoms with van der Waals surface area (Å²) in [7, 11) is 1.78. The fourth-order valence-electron chi connectivity index (χ4n) is 4.58. The summed E-state index contributed by atoms with van der Waals surface area (Å²) >= 11 is 11.9. The number of rotatable bonds is 5. The number of amides is 2. The maximum atomic E-state index is 14.0. The number of nitrogens with zero attached hydrogens (tertiary/aromatic N) is 5. The molecule has 9 nitrogen and oxygen atoms in total. The molecule has 5 rings (SSSR count). The van der Waals surface area contributed by atoms with Gasteiger partial charge in [-0.15, -0.1) is 0 Å². The van der Waals surface area contributed by atoms with Crippen LogP contribution in [-0.4, -0.2) is 54.6 Å². The van der Waals surface area contributed by atoms with Crippen molar-refractivity contribution in [1.29, 1.82) is 0 Å². The van der Waals surface area contributed by atoms with E-state index in [9.17, 15) is 23.2 Å². The molecule has 1 saturated heterocycles. The van der Waals surface area contributed by atoms with Gasteiger partial charge in [0.15, 0.2) is 0 Å². The van der Waals surface area contributed by atoms with E-state index in [1.54, 1.807) is 18.5 Å². The Labute approximate surface area is 225 Å². The summed E-state index contributed by atoms with van der Waals surface area (Å²) in [6.45, 7) is 2.40. The standard InChI is InChI=1S/C25H22Cl2F2N6O3/c1-12-32-19-8-30-22-14(21(19)33(12)3)5-15(23(37)31-7-13-4-18(28)17(27)6-16(13)26)24(38)35(22)9-20(36)34-10-25(2,29)11-34/h4-6,8H,7,9-11H2,1-3H3,(H,31,37). The average Bonchev–Trinajstić information content (AvgIpc) is 3.13. The molecule has 0 radical (unpaired) electrons. The number of carbonyl (C=O) groups excluding carboxylic acids is 2. The van der Waals surface area contributed by atoms with Gasteiger partial charge in [0.1, 0.15) is 40.6 Å². The number of aryl methyl sites for hydroxylation is 2. The van der Waals surface area contributed by atoms with Gasteiger partial charge in [-0.2, -0.15) is 0 Å². The highest BCUT2D eigenvalue weighted by Crippen LogP contribution is 2.27. The van der Waals surface area contributed by atoms with E-state index < -0.39 is 35.4 Å². The van der Waals surface area contributed by atoms with Crippen molar-refractivity contribution in [3.8, 4) is 0 Å². The predicted octanol–water partition coefficient (Wildman–Crippen LogP) is 3.54. The molecule has 2 amide bonds. The Morgan fingerprint density at radius 2 is 1.89 bits per heavy atom. The lowest BCUT2D eigenvalue weighted by molar-refractivity contribution is -0.144. The number of imidazole rings is 1. The van der Waals surface area contributed by atoms with Crippen molar-refractivity contribution < 1.29 is 18.4 Å². The number of aromatic nitrogens is 4. The van der Waals surface area contributed by atoms with Crippen LogP contribution in [0, 0.1) is 12.7 Å². The number of nitrogens with one attached hydrogen (secondary N) is 1. The topological polar surface area (TPSA) is 102 Å². The molecule has 0 atom stereocenters. The van der Waals surface area contributed by atoms with Gasteiger partial charge < -0.3 is 14.8 Å². The Hall–Kier alpha value is -3.57. The van der Waals surface area contributed by atoms with E-state index >= 15 is 0 Å². The SMILES string of the molecule is Cc1nc2cnc3c(cc(C(=O)NCc4cc(F)c(Cl)cc4Cl)c(=O)n3CC(=O)N3CC(C)(F)C3)c2n1C. The van der Waals surface area contributed by atoms with E-state index in [0.29, 0.717) is 22.2 Å². The summed E-state index contributed by atoms with van der Waals surface area (Å²) in [5.74, 6) is -1.27. The highest BCUT2D eigenvalue weighted by molar-refractivity contribution is 6.35. The smallest absolute Gasteiger partial charge is 0.265 e. The zero-order chi connectivity index (χ0) is 27.5. The minimum Gasteiger partial charge on any atom is -0.348 e. The molecule has 0 spiro atoms. The number of benzene rings is 1. The van der Waals surface area contributed by atoms with E-state index in [2.05, 4.69) is 15.3 Å². The molecule has 13 heteroatoms. The van der Waals surface area contributed by atoms with Gasteiger partial charge in [-0.3, -0.25) is 19.0 Å². The molecule has 4 heterocycles. The van der Waals surface area contributed by atoms with Crippen molar-refractivity contribution in [2.45, 2.75) is 32.6 Å². The van der Waals surface area contributed by atoms with Crippen LogP contribution in [0.5, 0.6) is 0 Å². The predicted molar refractivity (Wildman–Crippen MR) is 139 cm³/mol. The zero-order valence-corrected chi connectivity index (χ0v) is 22.1. The third-order valence-corrected chi connectivity index (χ3v) is 7.27. The molecule has 0 aliphatic carbocycles. The first kappa shape index (κ1) is 26.1. The molecule has 38 heavy (non-hydrogen) atoms. The molecule has 1 aromatic carbocycles. The Morgan fingerprint density at radius 1 is 1.18 bits per heavy atom. The molecule has 1 fully saturated rings. The molecule has 1 N–H and O–H groups in total. The number of alkyl halides is 1. The molecule has 1 aliphatic heterocycles. The van der Waals surface area contributed by atoms with Crippen molar-refractivity contribution in [3.63, 3.8) is 0 Å². The number of hydrogen-bond donors (Lipinski definition) is 1. The lowest BCUT2D eigenvalue weighted by Gasteiger charge is -2.42. The maximum absolute atomic E-state index is 14.0. The fraction of sp³-hybridized carbons (Fsp3) is 0.320. The van der Waals surface area contributed by atoms with E-state index in [1.165, 1.54) is 30.2 Å². The van der Waals surface area contributed by atoms with Gasteiger partial charge in [-0.25, -0.2) is 18.7 Å². The minimum atomic E-state index is -1.48. The Morgan fingerprint density at radius 3 is 2.58 bits per heavy atom. The first-order valence-electron chi connectivity index (χ1n) is 11.6. The van der Waals surface area contributed by atoms with Gasteiger partial charge >= 0.3 is 0 Å². The molecule has 4 aromatic rings. The summed E-state index contributed by atoms with van der Waals surface area (Å²) in [5.41, 5.74) is -0.901. The third-order valence-electron chi connectivity index (χ3n) is 6.63. The Kier molecular flexibility index (Phi) is 6.39. The number of halogens is 4. The van der Waals surface area contributed by atoms with Crippen LogP contribution >= 0.6 is 23.2 Å². The van der Waals surface area contributed by atoms with Crippen LogP contribution in [0.4, 0.5) is 8.78 Å². The molecule has 0 bridgehead atoms. The molecule has 0 unspecified atom stereocenters. The monoisotopic (exact) mass is 562 g/mol. The average molecular weight is 563 g/mol. The van der Waals surface area contributed by atoms with Crippen LogP contribution in [0.2, 0.25) is 10.0 Å². The van der Waals surface area contributed by atoms with Gasteiger partial charge in [0.25, 0.3) is 11.5 Å². The highest BCUT2D eigenvalue weighted by atomic mass is 35.5. The van der Waals surface area contributed by atoms with Crippen LogP contribution in [0.25, 0.3) is 22.1 Å². The maximum Gasteiger partial charge on any atom is 0.265 e. The lowest BCUT2D eigenvalue weighted by atomic mass is 9.99. The fourth-order valence-corrected chi connectivity index (χ4v) is 5.03. The van der Waals surface area contributed by atoms with E-state index in [-0.39, 0.29) is 46.5 Å². The second-order valence-corrected chi connectivity index (χ2v) is 10.4. The Balaban J connectivity index is 1.58. The first-order chi connectivity index (χ1) is 17.9. The van der Waals surface area contributed by atoms with Crippen molar-refractivity contribution in [2.24, 2.45) is 7.05 Å². The van der Waals surface area contributed by atoms with Gasteiger partial charge in [0.05, 0.1) is 29.8 Å². The van der Waals surface area contributed by atoms with Crippen molar-refractivity contribution in [2.75, 3.05) is 13.1 Å². The minimum absolute atomic E-state index is 0.0876. The summed E-state index contributed by atoms with van der Waals surface area (Å²) in [6, 6.07) is 3.72. The lowest BCUT2D eigenvalue weighted by Crippen LogP contribution is -2.60. The second kappa shape index (κ2) is 9.32. The van der Waals surface area contributed by atoms with E-state index in [1.807, 2.05) is 0 Å². The van der Waals surface area contributed by atoms with Crippen molar-refractivity contribution >= 4 is 57.1 Å². The second-order valence-electron chi connectivity index (χ2n) is 9.60. The number of carbonyl (C=O) groups is 2. The largest absolute Gasteiger partial charge is 0.348 e. The zero-order valence-electron chi connectivity index (χ0n) is 20.6. The number of fused-ring (bicyclic) bond motifs is 3. The molecule has 0 saturated carbocycles. The van der Waals surface area contributed by atoms with Crippen LogP contribution in [0.3, 0.4) is 0 Å². The number of likely N-dealkylation sites (tertiary alicyclic amines) is 1. The summed E-state index contributed by atoms with van der Waals surface area (Å²) in [5, 5.41) is 2.99. The number of pyridine rings is 2. The van der Waals surface area contributed by atoms with Crippen LogP contribution < -0.4 is 10.9 Å². The summed E-state index contributed by atoms with van der Waals surface area (Å²) < 4.78 is 30.8. The molecule has 3 aromatic heterocycles. The number of hydrogen-bond acceptors (Lipinski definition) is 5. The third kappa shape index (κ3) is 4.49. The van der Waals surface area contributed by atoms with E-state index in [4.69, 9.17) is 23.2 Å². The normalized spacial score (nSPS) is 14.7. The van der Waals surface area contributed by atoms with Crippen LogP contribution in [0.15, 0.2) is 29.2 Å². The van der Waals surface area contributed by atoms with Crippen LogP contribution in [0.1, 0.15) is 28.7 Å². The quantitative estimate of drug-likeness (QED) is 0.375. The van der Waals surface area contributed by atoms with Crippen molar-refractivity contribution in [3.05, 3.63) is 67.6 Å². The van der Waals surface area contributed by atoms with E-state index in [0.717, 1.165) is 10.6 Å². The summed E-state index contributed by atoms with van der Waals surface area (Å²) in [4.78, 5) is 49.8. The van der Waals surface area contributed by atoms with Gasteiger partial charge in [0, 0.05) is 24.0 Å². The first-order valence-corrected chi connectivity index (χ1v) is 12.4. The van der Waals surface area contributed by atoms with Gasteiger partial charge in [0.2, 0.25) is 5.91 Å². The molecular weight excluding hydrogens is 541 g/mol. The highest BCUT2D eigenvalue weighted by Gasteiger charge is 2.41.